The Morgan fingerprint density at radius 3 is 2.19 bits per heavy atom. The molecule has 0 aromatic carbocycles. The maximum absolute atomic E-state index is 12.2. The molecule has 8 heteroatoms. The van der Waals surface area contributed by atoms with Gasteiger partial charge in [0.05, 0.1) is 16.3 Å². The van der Waals surface area contributed by atoms with E-state index in [1.165, 1.54) is 24.3 Å². The molecule has 2 rings (SSSR count). The fourth-order valence-electron chi connectivity index (χ4n) is 1.97. The van der Waals surface area contributed by atoms with Crippen molar-refractivity contribution >= 4 is 46.1 Å². The van der Waals surface area contributed by atoms with Crippen molar-refractivity contribution < 1.29 is 23.9 Å². The first-order chi connectivity index (χ1) is 12.6. The number of esters is 1. The molecule has 0 spiro atoms. The molecule has 1 N–H and O–H groups in total. The molecule has 2 aromatic heterocycles. The van der Waals surface area contributed by atoms with E-state index >= 15 is 0 Å². The van der Waals surface area contributed by atoms with Crippen molar-refractivity contribution in [3.63, 3.8) is 0 Å². The lowest BCUT2D eigenvalue weighted by Crippen LogP contribution is -2.34. The SMILES string of the molecule is CC(=O)c1ccc(C(=O)OCC(=O)c2ccc(CNC(=O)C(C)(C)C)s2)s1. The second-order valence-corrected chi connectivity index (χ2v) is 9.17. The zero-order valence-corrected chi connectivity index (χ0v) is 17.2. The van der Waals surface area contributed by atoms with Crippen LogP contribution in [0.25, 0.3) is 0 Å². The minimum absolute atomic E-state index is 0.0708. The van der Waals surface area contributed by atoms with Crippen LogP contribution in [0.1, 0.15) is 61.6 Å². The molecule has 0 radical (unpaired) electrons. The van der Waals surface area contributed by atoms with Gasteiger partial charge >= 0.3 is 5.97 Å². The smallest absolute Gasteiger partial charge is 0.348 e. The third kappa shape index (κ3) is 5.83. The molecule has 144 valence electrons. The van der Waals surface area contributed by atoms with Gasteiger partial charge in [0, 0.05) is 10.3 Å². The number of ether oxygens (including phenoxy) is 1. The van der Waals surface area contributed by atoms with E-state index in [-0.39, 0.29) is 29.0 Å². The molecule has 0 fully saturated rings. The molecular formula is C19H21NO5S2. The average Bonchev–Trinajstić information content (AvgIpc) is 3.25. The Hall–Kier alpha value is -2.32. The Balaban J connectivity index is 1.87. The van der Waals surface area contributed by atoms with Gasteiger partial charge in [0.15, 0.2) is 12.4 Å². The molecule has 2 aromatic rings. The van der Waals surface area contributed by atoms with Crippen molar-refractivity contribution in [2.24, 2.45) is 5.41 Å². The van der Waals surface area contributed by atoms with E-state index in [0.29, 0.717) is 16.3 Å². The summed E-state index contributed by atoms with van der Waals surface area (Å²) in [6.07, 6.45) is 0. The Kier molecular flexibility index (Phi) is 6.67. The van der Waals surface area contributed by atoms with E-state index in [4.69, 9.17) is 4.74 Å². The number of Topliss-reactive ketones (excluding diaryl/α,β-unsaturated/α-hetero) is 2. The Labute approximate surface area is 165 Å². The second-order valence-electron chi connectivity index (χ2n) is 6.92. The summed E-state index contributed by atoms with van der Waals surface area (Å²) in [5.41, 5.74) is -0.478. The van der Waals surface area contributed by atoms with Crippen molar-refractivity contribution in [2.75, 3.05) is 6.61 Å². The monoisotopic (exact) mass is 407 g/mol. The molecular weight excluding hydrogens is 386 g/mol. The van der Waals surface area contributed by atoms with Gasteiger partial charge in [0.1, 0.15) is 4.88 Å². The van der Waals surface area contributed by atoms with Crippen LogP contribution in [-0.2, 0) is 16.1 Å². The number of amides is 1. The summed E-state index contributed by atoms with van der Waals surface area (Å²) in [4.78, 5) is 49.4. The van der Waals surface area contributed by atoms with E-state index in [1.807, 2.05) is 20.8 Å². The first kappa shape index (κ1) is 21.0. The lowest BCUT2D eigenvalue weighted by atomic mass is 9.96. The highest BCUT2D eigenvalue weighted by Crippen LogP contribution is 2.20. The Morgan fingerprint density at radius 1 is 0.963 bits per heavy atom. The zero-order chi connectivity index (χ0) is 20.2. The summed E-state index contributed by atoms with van der Waals surface area (Å²) in [6.45, 7) is 6.87. The minimum atomic E-state index is -0.630. The Bertz CT molecular complexity index is 873. The van der Waals surface area contributed by atoms with E-state index in [0.717, 1.165) is 16.2 Å². The average molecular weight is 408 g/mol. The van der Waals surface area contributed by atoms with E-state index < -0.39 is 11.4 Å². The first-order valence-electron chi connectivity index (χ1n) is 8.26. The highest BCUT2D eigenvalue weighted by Gasteiger charge is 2.21. The highest BCUT2D eigenvalue weighted by molar-refractivity contribution is 7.16. The van der Waals surface area contributed by atoms with Crippen molar-refractivity contribution in [1.29, 1.82) is 0 Å². The van der Waals surface area contributed by atoms with Crippen LogP contribution in [-0.4, -0.2) is 30.0 Å². The molecule has 2 heterocycles. The number of hydrogen-bond donors (Lipinski definition) is 1. The van der Waals surface area contributed by atoms with Crippen LogP contribution in [0, 0.1) is 5.41 Å². The predicted octanol–water partition coefficient (Wildman–Crippen LogP) is 3.71. The largest absolute Gasteiger partial charge is 0.453 e. The predicted molar refractivity (Wildman–Crippen MR) is 105 cm³/mol. The fraction of sp³-hybridized carbons (Fsp3) is 0.368. The van der Waals surface area contributed by atoms with Crippen molar-refractivity contribution in [2.45, 2.75) is 34.2 Å². The molecule has 0 aliphatic rings. The number of carbonyl (C=O) groups excluding carboxylic acids is 4. The zero-order valence-electron chi connectivity index (χ0n) is 15.6. The number of carbonyl (C=O) groups is 4. The number of thiophene rings is 2. The molecule has 0 atom stereocenters. The van der Waals surface area contributed by atoms with Crippen molar-refractivity contribution in [3.8, 4) is 0 Å². The molecule has 0 bridgehead atoms. The summed E-state index contributed by atoms with van der Waals surface area (Å²) in [7, 11) is 0. The summed E-state index contributed by atoms with van der Waals surface area (Å²) in [5.74, 6) is -1.14. The molecule has 0 aliphatic carbocycles. The van der Waals surface area contributed by atoms with Gasteiger partial charge in [-0.15, -0.1) is 22.7 Å². The van der Waals surface area contributed by atoms with Crippen LogP contribution in [0.5, 0.6) is 0 Å². The van der Waals surface area contributed by atoms with Gasteiger partial charge < -0.3 is 10.1 Å². The van der Waals surface area contributed by atoms with E-state index in [9.17, 15) is 19.2 Å². The number of hydrogen-bond acceptors (Lipinski definition) is 7. The van der Waals surface area contributed by atoms with Crippen LogP contribution in [0.4, 0.5) is 0 Å². The van der Waals surface area contributed by atoms with Crippen LogP contribution >= 0.6 is 22.7 Å². The third-order valence-corrected chi connectivity index (χ3v) is 5.82. The second kappa shape index (κ2) is 8.58. The number of ketones is 2. The maximum atomic E-state index is 12.2. The topological polar surface area (TPSA) is 89.5 Å². The molecule has 1 amide bonds. The number of nitrogens with one attached hydrogen (secondary N) is 1. The van der Waals surface area contributed by atoms with Crippen LogP contribution in [0.15, 0.2) is 24.3 Å². The van der Waals surface area contributed by atoms with Gasteiger partial charge in [-0.2, -0.15) is 0 Å². The maximum Gasteiger partial charge on any atom is 0.348 e. The van der Waals surface area contributed by atoms with E-state index in [1.54, 1.807) is 18.2 Å². The van der Waals surface area contributed by atoms with E-state index in [2.05, 4.69) is 5.32 Å². The van der Waals surface area contributed by atoms with Gasteiger partial charge in [0.2, 0.25) is 11.7 Å². The van der Waals surface area contributed by atoms with Crippen LogP contribution in [0.2, 0.25) is 0 Å². The van der Waals surface area contributed by atoms with Gasteiger partial charge in [-0.1, -0.05) is 20.8 Å². The van der Waals surface area contributed by atoms with Crippen molar-refractivity contribution in [1.82, 2.24) is 5.32 Å². The molecule has 0 saturated carbocycles. The minimum Gasteiger partial charge on any atom is -0.453 e. The summed E-state index contributed by atoms with van der Waals surface area (Å²) < 4.78 is 5.04. The summed E-state index contributed by atoms with van der Waals surface area (Å²) in [6, 6.07) is 6.48. The number of rotatable bonds is 7. The lowest BCUT2D eigenvalue weighted by molar-refractivity contribution is -0.128. The van der Waals surface area contributed by atoms with Gasteiger partial charge in [-0.25, -0.2) is 4.79 Å². The highest BCUT2D eigenvalue weighted by atomic mass is 32.1. The third-order valence-electron chi connectivity index (χ3n) is 3.53. The molecule has 0 unspecified atom stereocenters. The molecule has 0 aliphatic heterocycles. The van der Waals surface area contributed by atoms with Gasteiger partial charge in [-0.3, -0.25) is 14.4 Å². The van der Waals surface area contributed by atoms with Crippen LogP contribution in [0.3, 0.4) is 0 Å². The summed E-state index contributed by atoms with van der Waals surface area (Å²) in [5, 5.41) is 2.82. The van der Waals surface area contributed by atoms with Crippen LogP contribution < -0.4 is 5.32 Å². The quantitative estimate of drug-likeness (QED) is 0.558. The van der Waals surface area contributed by atoms with Gasteiger partial charge in [0.25, 0.3) is 0 Å². The molecule has 0 saturated heterocycles. The lowest BCUT2D eigenvalue weighted by Gasteiger charge is -2.17. The molecule has 6 nitrogen and oxygen atoms in total. The summed E-state index contributed by atoms with van der Waals surface area (Å²) >= 11 is 2.29. The Morgan fingerprint density at radius 2 is 1.59 bits per heavy atom. The normalized spacial score (nSPS) is 11.1. The molecule has 27 heavy (non-hydrogen) atoms. The van der Waals surface area contributed by atoms with Crippen molar-refractivity contribution in [3.05, 3.63) is 43.8 Å². The first-order valence-corrected chi connectivity index (χ1v) is 9.89. The standard InChI is InChI=1S/C19H21NO5S2/c1-11(21)14-7-8-16(27-14)17(23)25-10-13(22)15-6-5-12(26-15)9-20-18(24)19(2,3)4/h5-8H,9-10H2,1-4H3,(H,20,24). The fourth-order valence-corrected chi connectivity index (χ4v) is 3.63. The van der Waals surface area contributed by atoms with Gasteiger partial charge in [-0.05, 0) is 31.2 Å².